The molecule has 1 aliphatic heterocycles. The van der Waals surface area contributed by atoms with E-state index >= 15 is 0 Å². The van der Waals surface area contributed by atoms with Crippen LogP contribution in [0.2, 0.25) is 5.02 Å². The maximum Gasteiger partial charge on any atom is 0.408 e. The fourth-order valence-corrected chi connectivity index (χ4v) is 6.32. The van der Waals surface area contributed by atoms with Crippen LogP contribution in [0.3, 0.4) is 0 Å². The average molecular weight is 612 g/mol. The lowest BCUT2D eigenvalue weighted by Crippen LogP contribution is -2.52. The number of piperidine rings is 1. The van der Waals surface area contributed by atoms with Crippen LogP contribution in [0.15, 0.2) is 54.6 Å². The highest BCUT2D eigenvalue weighted by molar-refractivity contribution is 6.30. The van der Waals surface area contributed by atoms with Crippen LogP contribution >= 0.6 is 11.6 Å². The molecule has 43 heavy (non-hydrogen) atoms. The first-order valence-electron chi connectivity index (χ1n) is 15.3. The van der Waals surface area contributed by atoms with Crippen LogP contribution in [0.1, 0.15) is 81.3 Å². The number of carbonyl (C=O) groups is 4. The molecule has 0 bridgehead atoms. The summed E-state index contributed by atoms with van der Waals surface area (Å²) in [6.07, 6.45) is 6.60. The highest BCUT2D eigenvalue weighted by Crippen LogP contribution is 2.28. The zero-order chi connectivity index (χ0) is 30.6. The minimum Gasteiger partial charge on any atom is -0.480 e. The van der Waals surface area contributed by atoms with Gasteiger partial charge in [-0.1, -0.05) is 86.2 Å². The van der Waals surface area contributed by atoms with Gasteiger partial charge in [-0.3, -0.25) is 9.59 Å². The summed E-state index contributed by atoms with van der Waals surface area (Å²) in [5.41, 5.74) is 1.90. The van der Waals surface area contributed by atoms with Gasteiger partial charge in [0.2, 0.25) is 11.8 Å². The summed E-state index contributed by atoms with van der Waals surface area (Å²) in [6.45, 7) is 1.21. The van der Waals surface area contributed by atoms with Gasteiger partial charge >= 0.3 is 12.1 Å². The van der Waals surface area contributed by atoms with Gasteiger partial charge in [0.25, 0.3) is 0 Å². The van der Waals surface area contributed by atoms with E-state index in [4.69, 9.17) is 16.3 Å². The largest absolute Gasteiger partial charge is 0.480 e. The van der Waals surface area contributed by atoms with E-state index in [-0.39, 0.29) is 37.2 Å². The van der Waals surface area contributed by atoms with Crippen molar-refractivity contribution in [3.63, 3.8) is 0 Å². The van der Waals surface area contributed by atoms with E-state index in [0.717, 1.165) is 44.9 Å². The number of halogens is 1. The minimum absolute atomic E-state index is 0.00114. The summed E-state index contributed by atoms with van der Waals surface area (Å²) >= 11 is 6.01. The second kappa shape index (κ2) is 16.3. The number of nitrogens with one attached hydrogen (secondary N) is 2. The predicted octanol–water partition coefficient (Wildman–Crippen LogP) is 5.66. The summed E-state index contributed by atoms with van der Waals surface area (Å²) < 4.78 is 5.34. The number of carbonyl (C=O) groups excluding carboxylic acids is 3. The Morgan fingerprint density at radius 3 is 2.42 bits per heavy atom. The lowest BCUT2D eigenvalue weighted by molar-refractivity contribution is -0.142. The zero-order valence-electron chi connectivity index (χ0n) is 24.5. The first kappa shape index (κ1) is 32.3. The Kier molecular flexibility index (Phi) is 12.3. The number of likely N-dealkylation sites (tertiary alicyclic amines) is 1. The second-order valence-electron chi connectivity index (χ2n) is 11.7. The van der Waals surface area contributed by atoms with Crippen molar-refractivity contribution >= 4 is 35.5 Å². The molecule has 1 aliphatic carbocycles. The molecule has 9 nitrogen and oxygen atoms in total. The molecule has 1 saturated carbocycles. The number of alkyl carbamates (subject to hydrolysis) is 1. The number of ether oxygens (including phenoxy) is 1. The van der Waals surface area contributed by atoms with Crippen molar-refractivity contribution in [2.24, 2.45) is 5.92 Å². The smallest absolute Gasteiger partial charge is 0.408 e. The SMILES string of the molecule is O=C(NC(CC1CCCCC1)C(=O)NC(CCC(=O)N1CCCC(c2ccccc2)C1)C(=O)O)OCc1cccc(Cl)c1. The lowest BCUT2D eigenvalue weighted by Gasteiger charge is -2.33. The molecular formula is C33H42ClN3O6. The number of aliphatic carboxylic acids is 1. The van der Waals surface area contributed by atoms with Crippen molar-refractivity contribution in [1.82, 2.24) is 15.5 Å². The number of nitrogens with zero attached hydrogens (tertiary/aromatic N) is 1. The lowest BCUT2D eigenvalue weighted by atomic mass is 9.84. The molecule has 3 unspecified atom stereocenters. The van der Waals surface area contributed by atoms with Gasteiger partial charge in [-0.15, -0.1) is 0 Å². The second-order valence-corrected chi connectivity index (χ2v) is 12.1. The molecule has 1 saturated heterocycles. The van der Waals surface area contributed by atoms with Crippen LogP contribution in [0.25, 0.3) is 0 Å². The fraction of sp³-hybridized carbons (Fsp3) is 0.515. The van der Waals surface area contributed by atoms with Gasteiger partial charge < -0.3 is 25.4 Å². The number of carboxylic acid groups (broad SMARTS) is 1. The molecule has 2 fully saturated rings. The summed E-state index contributed by atoms with van der Waals surface area (Å²) in [5.74, 6) is -1.45. The molecule has 232 valence electrons. The van der Waals surface area contributed by atoms with Crippen LogP contribution in [-0.4, -0.2) is 59.1 Å². The molecule has 0 radical (unpaired) electrons. The van der Waals surface area contributed by atoms with Gasteiger partial charge in [0.15, 0.2) is 0 Å². The molecule has 1 heterocycles. The third-order valence-electron chi connectivity index (χ3n) is 8.47. The van der Waals surface area contributed by atoms with E-state index in [1.807, 2.05) is 18.2 Å². The maximum absolute atomic E-state index is 13.4. The van der Waals surface area contributed by atoms with Crippen molar-refractivity contribution < 1.29 is 29.0 Å². The van der Waals surface area contributed by atoms with Crippen molar-refractivity contribution in [2.75, 3.05) is 13.1 Å². The Morgan fingerprint density at radius 2 is 1.70 bits per heavy atom. The maximum atomic E-state index is 13.4. The molecule has 2 aromatic rings. The van der Waals surface area contributed by atoms with E-state index in [0.29, 0.717) is 30.1 Å². The van der Waals surface area contributed by atoms with Crippen LogP contribution in [0.5, 0.6) is 0 Å². The molecule has 2 aliphatic rings. The van der Waals surface area contributed by atoms with Crippen LogP contribution in [0, 0.1) is 5.92 Å². The average Bonchev–Trinajstić information content (AvgIpc) is 3.02. The monoisotopic (exact) mass is 611 g/mol. The van der Waals surface area contributed by atoms with Gasteiger partial charge in [0.1, 0.15) is 18.7 Å². The van der Waals surface area contributed by atoms with E-state index in [2.05, 4.69) is 22.8 Å². The Labute approximate surface area is 258 Å². The molecule has 0 aromatic heterocycles. The van der Waals surface area contributed by atoms with Gasteiger partial charge in [-0.05, 0) is 54.9 Å². The number of hydrogen-bond donors (Lipinski definition) is 3. The van der Waals surface area contributed by atoms with E-state index in [1.54, 1.807) is 29.2 Å². The summed E-state index contributed by atoms with van der Waals surface area (Å²) in [4.78, 5) is 53.1. The number of amides is 3. The summed E-state index contributed by atoms with van der Waals surface area (Å²) in [7, 11) is 0. The molecular weight excluding hydrogens is 570 g/mol. The van der Waals surface area contributed by atoms with Crippen LogP contribution in [-0.2, 0) is 25.7 Å². The third-order valence-corrected chi connectivity index (χ3v) is 8.70. The number of hydrogen-bond acceptors (Lipinski definition) is 5. The molecule has 10 heteroatoms. The highest BCUT2D eigenvalue weighted by atomic mass is 35.5. The topological polar surface area (TPSA) is 125 Å². The number of carboxylic acids is 1. The Balaban J connectivity index is 1.33. The Bertz CT molecular complexity index is 1240. The van der Waals surface area contributed by atoms with Crippen LogP contribution < -0.4 is 10.6 Å². The standard InChI is InChI=1S/C33H42ClN3O6/c34-27-15-7-11-24(19-27)22-43-33(42)36-29(20-23-9-3-1-4-10-23)31(39)35-28(32(40)41)16-17-30(38)37-18-8-14-26(21-37)25-12-5-2-6-13-25/h2,5-7,11-13,15,19,23,26,28-29H,1,3-4,8-10,14,16-18,20-22H2,(H,35,39)(H,36,42)(H,40,41). The predicted molar refractivity (Wildman–Crippen MR) is 164 cm³/mol. The zero-order valence-corrected chi connectivity index (χ0v) is 25.3. The van der Waals surface area contributed by atoms with Crippen molar-refractivity contribution in [2.45, 2.75) is 88.8 Å². The first-order valence-corrected chi connectivity index (χ1v) is 15.7. The normalized spacial score (nSPS) is 18.7. The Morgan fingerprint density at radius 1 is 0.930 bits per heavy atom. The van der Waals surface area contributed by atoms with Crippen molar-refractivity contribution in [1.29, 1.82) is 0 Å². The van der Waals surface area contributed by atoms with Crippen molar-refractivity contribution in [3.8, 4) is 0 Å². The van der Waals surface area contributed by atoms with Gasteiger partial charge in [0.05, 0.1) is 0 Å². The van der Waals surface area contributed by atoms with Gasteiger partial charge in [-0.2, -0.15) is 0 Å². The molecule has 3 atom stereocenters. The minimum atomic E-state index is -1.26. The Hall–Kier alpha value is -3.59. The fourth-order valence-electron chi connectivity index (χ4n) is 6.10. The van der Waals surface area contributed by atoms with Crippen LogP contribution in [0.4, 0.5) is 4.79 Å². The van der Waals surface area contributed by atoms with Gasteiger partial charge in [-0.25, -0.2) is 9.59 Å². The van der Waals surface area contributed by atoms with E-state index in [1.165, 1.54) is 5.56 Å². The molecule has 3 N–H and O–H groups in total. The highest BCUT2D eigenvalue weighted by Gasteiger charge is 2.31. The first-order chi connectivity index (χ1) is 20.8. The van der Waals surface area contributed by atoms with E-state index < -0.39 is 30.1 Å². The van der Waals surface area contributed by atoms with Gasteiger partial charge in [0, 0.05) is 30.5 Å². The van der Waals surface area contributed by atoms with E-state index in [9.17, 15) is 24.3 Å². The summed E-state index contributed by atoms with van der Waals surface area (Å²) in [6, 6.07) is 14.8. The van der Waals surface area contributed by atoms with Crippen molar-refractivity contribution in [3.05, 3.63) is 70.7 Å². The summed E-state index contributed by atoms with van der Waals surface area (Å²) in [5, 5.41) is 15.7. The number of rotatable bonds is 12. The third kappa shape index (κ3) is 10.3. The molecule has 3 amide bonds. The molecule has 0 spiro atoms. The quantitative estimate of drug-likeness (QED) is 0.284. The number of benzene rings is 2. The molecule has 2 aromatic carbocycles. The molecule has 4 rings (SSSR count).